The van der Waals surface area contributed by atoms with E-state index in [0.29, 0.717) is 21.2 Å². The fraction of sp³-hybridized carbons (Fsp3) is 0.0526. The Morgan fingerprint density at radius 1 is 0.852 bits per heavy atom. The van der Waals surface area contributed by atoms with Gasteiger partial charge in [-0.1, -0.05) is 18.2 Å². The summed E-state index contributed by atoms with van der Waals surface area (Å²) in [4.78, 5) is 10.6. The van der Waals surface area contributed by atoms with Gasteiger partial charge in [0.2, 0.25) is 0 Å². The van der Waals surface area contributed by atoms with Gasteiger partial charge in [-0.15, -0.1) is 0 Å². The molecule has 3 rings (SSSR count). The van der Waals surface area contributed by atoms with Crippen LogP contribution >= 0.6 is 15.9 Å². The van der Waals surface area contributed by atoms with Crippen LogP contribution in [0, 0.1) is 10.1 Å². The second kappa shape index (κ2) is 7.16. The normalized spacial score (nSPS) is 11.9. The third kappa shape index (κ3) is 3.65. The topological polar surface area (TPSA) is 124 Å². The highest BCUT2D eigenvalue weighted by Gasteiger charge is 2.25. The maximum atomic E-state index is 11.2. The van der Waals surface area contributed by atoms with Gasteiger partial charge in [0, 0.05) is 41.3 Å². The predicted molar refractivity (Wildman–Crippen MR) is 101 cm³/mol. The minimum atomic E-state index is -0.789. The van der Waals surface area contributed by atoms with Crippen LogP contribution < -0.4 is 0 Å². The molecule has 0 heterocycles. The fourth-order valence-electron chi connectivity index (χ4n) is 2.92. The molecule has 8 heteroatoms. The Morgan fingerprint density at radius 3 is 2.22 bits per heavy atom. The zero-order valence-electron chi connectivity index (χ0n) is 13.7. The number of aromatic hydroxyl groups is 4. The zero-order valence-corrected chi connectivity index (χ0v) is 15.3. The summed E-state index contributed by atoms with van der Waals surface area (Å²) in [6, 6.07) is 12.4. The van der Waals surface area contributed by atoms with Crippen molar-refractivity contribution in [2.75, 3.05) is 0 Å². The van der Waals surface area contributed by atoms with E-state index in [1.807, 2.05) is 0 Å². The van der Waals surface area contributed by atoms with E-state index in [4.69, 9.17) is 0 Å². The Hall–Kier alpha value is -3.26. The molecule has 3 aromatic carbocycles. The van der Waals surface area contributed by atoms with Crippen molar-refractivity contribution in [1.29, 1.82) is 0 Å². The Kier molecular flexibility index (Phi) is 4.91. The maximum absolute atomic E-state index is 11.2. The molecule has 4 N–H and O–H groups in total. The highest BCUT2D eigenvalue weighted by Crippen LogP contribution is 2.44. The van der Waals surface area contributed by atoms with Crippen LogP contribution in [-0.4, -0.2) is 25.3 Å². The molecule has 0 saturated heterocycles. The standard InChI is InChI=1S/C19H14BrNO6/c20-15-8-14(17(24)9-18(15)25)19(13-5-4-12(22)7-16(13)23)10-2-1-3-11(6-10)21(26)27/h1-9,19,22-25H. The largest absolute Gasteiger partial charge is 0.508 e. The van der Waals surface area contributed by atoms with E-state index in [1.54, 1.807) is 6.07 Å². The molecule has 0 aliphatic rings. The smallest absolute Gasteiger partial charge is 0.269 e. The summed E-state index contributed by atoms with van der Waals surface area (Å²) in [5, 5.41) is 51.2. The SMILES string of the molecule is O=[N+]([O-])c1cccc(C(c2ccc(O)cc2O)c2cc(Br)c(O)cc2O)c1. The average molecular weight is 432 g/mol. The van der Waals surface area contributed by atoms with Crippen LogP contribution in [0.1, 0.15) is 22.6 Å². The third-order valence-corrected chi connectivity index (χ3v) is 4.78. The molecular formula is C19H14BrNO6. The number of nitro groups is 1. The van der Waals surface area contributed by atoms with Gasteiger partial charge in [0.25, 0.3) is 5.69 Å². The Labute approximate surface area is 162 Å². The molecule has 0 radical (unpaired) electrons. The molecule has 0 aromatic heterocycles. The molecule has 1 unspecified atom stereocenters. The van der Waals surface area contributed by atoms with Crippen LogP contribution in [0.5, 0.6) is 23.0 Å². The number of hydrogen-bond donors (Lipinski definition) is 4. The average Bonchev–Trinajstić information content (AvgIpc) is 2.61. The highest BCUT2D eigenvalue weighted by molar-refractivity contribution is 9.10. The number of hydrogen-bond acceptors (Lipinski definition) is 6. The van der Waals surface area contributed by atoms with Crippen LogP contribution in [0.3, 0.4) is 0 Å². The lowest BCUT2D eigenvalue weighted by molar-refractivity contribution is -0.384. The van der Waals surface area contributed by atoms with Gasteiger partial charge in [0.05, 0.1) is 9.40 Å². The second-order valence-corrected chi connectivity index (χ2v) is 6.74. The second-order valence-electron chi connectivity index (χ2n) is 5.89. The molecule has 1 atom stereocenters. The van der Waals surface area contributed by atoms with E-state index in [0.717, 1.165) is 12.1 Å². The number of non-ortho nitro benzene ring substituents is 1. The van der Waals surface area contributed by atoms with Crippen molar-refractivity contribution >= 4 is 21.6 Å². The summed E-state index contributed by atoms with van der Waals surface area (Å²) in [7, 11) is 0. The lowest BCUT2D eigenvalue weighted by atomic mass is 9.84. The van der Waals surface area contributed by atoms with E-state index in [9.17, 15) is 30.5 Å². The van der Waals surface area contributed by atoms with Crippen LogP contribution in [0.15, 0.2) is 59.1 Å². The first-order valence-electron chi connectivity index (χ1n) is 7.75. The van der Waals surface area contributed by atoms with Crippen molar-refractivity contribution in [3.63, 3.8) is 0 Å². The van der Waals surface area contributed by atoms with Crippen molar-refractivity contribution in [3.05, 3.63) is 85.9 Å². The summed E-state index contributed by atoms with van der Waals surface area (Å²) in [5.74, 6) is -1.61. The molecule has 138 valence electrons. The molecule has 0 amide bonds. The Bertz CT molecular complexity index is 1040. The first kappa shape index (κ1) is 18.5. The lowest BCUT2D eigenvalue weighted by Crippen LogP contribution is -2.05. The quantitative estimate of drug-likeness (QED) is 0.276. The minimum absolute atomic E-state index is 0.145. The molecule has 0 bridgehead atoms. The first-order chi connectivity index (χ1) is 12.8. The molecule has 7 nitrogen and oxygen atoms in total. The summed E-state index contributed by atoms with van der Waals surface area (Å²) < 4.78 is 0.309. The molecular weight excluding hydrogens is 418 g/mol. The summed E-state index contributed by atoms with van der Waals surface area (Å²) in [5.41, 5.74) is 0.925. The lowest BCUT2D eigenvalue weighted by Gasteiger charge is -2.21. The van der Waals surface area contributed by atoms with Crippen LogP contribution in [0.2, 0.25) is 0 Å². The van der Waals surface area contributed by atoms with Gasteiger partial charge in [-0.05, 0) is 33.6 Å². The van der Waals surface area contributed by atoms with Gasteiger partial charge in [0.15, 0.2) is 0 Å². The number of nitrogens with zero attached hydrogens (tertiary/aromatic N) is 1. The minimum Gasteiger partial charge on any atom is -0.508 e. The fourth-order valence-corrected chi connectivity index (χ4v) is 3.28. The van der Waals surface area contributed by atoms with Crippen LogP contribution in [0.25, 0.3) is 0 Å². The Balaban J connectivity index is 2.29. The van der Waals surface area contributed by atoms with Gasteiger partial charge in [-0.2, -0.15) is 0 Å². The third-order valence-electron chi connectivity index (χ3n) is 4.15. The number of rotatable bonds is 4. The number of phenolic OH excluding ortho intramolecular Hbond substituents is 4. The Morgan fingerprint density at radius 2 is 1.56 bits per heavy atom. The molecule has 3 aromatic rings. The van der Waals surface area contributed by atoms with E-state index in [-0.39, 0.29) is 28.7 Å². The van der Waals surface area contributed by atoms with Crippen molar-refractivity contribution in [2.45, 2.75) is 5.92 Å². The molecule has 0 saturated carbocycles. The van der Waals surface area contributed by atoms with Crippen LogP contribution in [0.4, 0.5) is 5.69 Å². The zero-order chi connectivity index (χ0) is 19.7. The van der Waals surface area contributed by atoms with Crippen molar-refractivity contribution < 1.29 is 25.3 Å². The first-order valence-corrected chi connectivity index (χ1v) is 8.55. The number of benzene rings is 3. The van der Waals surface area contributed by atoms with E-state index >= 15 is 0 Å². The van der Waals surface area contributed by atoms with E-state index in [2.05, 4.69) is 15.9 Å². The molecule has 0 spiro atoms. The molecule has 27 heavy (non-hydrogen) atoms. The van der Waals surface area contributed by atoms with Gasteiger partial charge >= 0.3 is 0 Å². The van der Waals surface area contributed by atoms with Gasteiger partial charge in [0.1, 0.15) is 23.0 Å². The van der Waals surface area contributed by atoms with Crippen molar-refractivity contribution in [3.8, 4) is 23.0 Å². The predicted octanol–water partition coefficient (Wildman–Crippen LogP) is 4.36. The summed E-state index contributed by atoms with van der Waals surface area (Å²) in [6.45, 7) is 0. The van der Waals surface area contributed by atoms with Crippen LogP contribution in [-0.2, 0) is 0 Å². The molecule has 0 aliphatic heterocycles. The highest BCUT2D eigenvalue weighted by atomic mass is 79.9. The van der Waals surface area contributed by atoms with Gasteiger partial charge in [-0.25, -0.2) is 0 Å². The number of halogens is 1. The number of nitro benzene ring substituents is 1. The maximum Gasteiger partial charge on any atom is 0.269 e. The van der Waals surface area contributed by atoms with Crippen molar-refractivity contribution in [1.82, 2.24) is 0 Å². The van der Waals surface area contributed by atoms with Crippen molar-refractivity contribution in [2.24, 2.45) is 0 Å². The van der Waals surface area contributed by atoms with E-state index < -0.39 is 10.8 Å². The van der Waals surface area contributed by atoms with Gasteiger partial charge in [-0.3, -0.25) is 10.1 Å². The van der Waals surface area contributed by atoms with Gasteiger partial charge < -0.3 is 20.4 Å². The van der Waals surface area contributed by atoms with E-state index in [1.165, 1.54) is 36.4 Å². The summed E-state index contributed by atoms with van der Waals surface area (Å²) in [6.07, 6.45) is 0. The number of phenols is 4. The molecule has 0 aliphatic carbocycles. The summed E-state index contributed by atoms with van der Waals surface area (Å²) >= 11 is 3.19. The molecule has 0 fully saturated rings. The monoisotopic (exact) mass is 431 g/mol.